The summed E-state index contributed by atoms with van der Waals surface area (Å²) in [6.45, 7) is 3.82. The summed E-state index contributed by atoms with van der Waals surface area (Å²) in [6, 6.07) is 1.76. The molecule has 3 N–H and O–H groups in total. The maximum atomic E-state index is 12.5. The Morgan fingerprint density at radius 2 is 2.19 bits per heavy atom. The lowest BCUT2D eigenvalue weighted by atomic mass is 10.1. The average Bonchev–Trinajstić information content (AvgIpc) is 3.07. The van der Waals surface area contributed by atoms with Crippen LogP contribution in [0.25, 0.3) is 10.2 Å². The molecular formula is C13H13N5OS2. The summed E-state index contributed by atoms with van der Waals surface area (Å²) in [5.74, 6) is -0.226. The summed E-state index contributed by atoms with van der Waals surface area (Å²) < 4.78 is 0. The van der Waals surface area contributed by atoms with Gasteiger partial charge >= 0.3 is 0 Å². The number of hydrogen-bond acceptors (Lipinski definition) is 7. The van der Waals surface area contributed by atoms with Crippen LogP contribution < -0.4 is 11.1 Å². The van der Waals surface area contributed by atoms with E-state index in [-0.39, 0.29) is 5.91 Å². The molecule has 0 fully saturated rings. The van der Waals surface area contributed by atoms with E-state index < -0.39 is 5.54 Å². The Hall–Kier alpha value is -2.06. The molecule has 1 amide bonds. The van der Waals surface area contributed by atoms with Gasteiger partial charge < -0.3 is 11.1 Å². The van der Waals surface area contributed by atoms with Gasteiger partial charge in [0.1, 0.15) is 14.7 Å². The molecule has 3 heterocycles. The summed E-state index contributed by atoms with van der Waals surface area (Å²) >= 11 is 2.74. The fourth-order valence-corrected chi connectivity index (χ4v) is 3.62. The molecule has 0 saturated carbocycles. The summed E-state index contributed by atoms with van der Waals surface area (Å²) in [5.41, 5.74) is 5.93. The van der Waals surface area contributed by atoms with Crippen molar-refractivity contribution in [1.29, 1.82) is 0 Å². The summed E-state index contributed by atoms with van der Waals surface area (Å²) in [6.07, 6.45) is 3.28. The van der Waals surface area contributed by atoms with E-state index in [9.17, 15) is 4.79 Å². The van der Waals surface area contributed by atoms with Crippen molar-refractivity contribution < 1.29 is 4.79 Å². The Kier molecular flexibility index (Phi) is 3.34. The Morgan fingerprint density at radius 3 is 2.86 bits per heavy atom. The second-order valence-electron chi connectivity index (χ2n) is 5.01. The van der Waals surface area contributed by atoms with Gasteiger partial charge in [0.2, 0.25) is 0 Å². The monoisotopic (exact) mass is 319 g/mol. The smallest absolute Gasteiger partial charge is 0.264 e. The quantitative estimate of drug-likeness (QED) is 0.773. The minimum Gasteiger partial charge on any atom is -0.397 e. The van der Waals surface area contributed by atoms with E-state index in [0.29, 0.717) is 15.4 Å². The molecule has 3 rings (SSSR count). The SMILES string of the molecule is CC(C)(NC(=O)c1sc2nnccc2c1N)c1nccs1. The van der Waals surface area contributed by atoms with E-state index in [0.717, 1.165) is 10.4 Å². The fourth-order valence-electron chi connectivity index (χ4n) is 1.97. The number of aromatic nitrogens is 3. The number of anilines is 1. The molecule has 3 aromatic heterocycles. The van der Waals surface area contributed by atoms with Crippen LogP contribution in [0.2, 0.25) is 0 Å². The molecule has 3 aromatic rings. The topological polar surface area (TPSA) is 93.8 Å². The van der Waals surface area contributed by atoms with Crippen LogP contribution in [0.1, 0.15) is 28.5 Å². The molecular weight excluding hydrogens is 306 g/mol. The lowest BCUT2D eigenvalue weighted by Gasteiger charge is -2.23. The molecule has 0 spiro atoms. The zero-order valence-corrected chi connectivity index (χ0v) is 13.1. The Bertz CT molecular complexity index is 794. The molecule has 6 nitrogen and oxygen atoms in total. The summed E-state index contributed by atoms with van der Waals surface area (Å²) in [4.78, 5) is 17.9. The Labute approximate surface area is 129 Å². The molecule has 0 unspecified atom stereocenters. The number of thiazole rings is 1. The summed E-state index contributed by atoms with van der Waals surface area (Å²) in [7, 11) is 0. The van der Waals surface area contributed by atoms with Gasteiger partial charge in [-0.05, 0) is 19.9 Å². The highest BCUT2D eigenvalue weighted by atomic mass is 32.1. The van der Waals surface area contributed by atoms with Gasteiger partial charge in [-0.3, -0.25) is 4.79 Å². The van der Waals surface area contributed by atoms with Crippen LogP contribution >= 0.6 is 22.7 Å². The van der Waals surface area contributed by atoms with Crippen molar-refractivity contribution in [3.8, 4) is 0 Å². The molecule has 0 saturated heterocycles. The third-order valence-electron chi connectivity index (χ3n) is 3.02. The van der Waals surface area contributed by atoms with Crippen LogP contribution in [0.5, 0.6) is 0 Å². The predicted molar refractivity (Wildman–Crippen MR) is 84.4 cm³/mol. The van der Waals surface area contributed by atoms with Crippen LogP contribution in [0.4, 0.5) is 5.69 Å². The van der Waals surface area contributed by atoms with E-state index in [4.69, 9.17) is 5.73 Å². The second-order valence-corrected chi connectivity index (χ2v) is 6.90. The molecule has 21 heavy (non-hydrogen) atoms. The lowest BCUT2D eigenvalue weighted by molar-refractivity contribution is 0.0917. The number of carbonyl (C=O) groups excluding carboxylic acids is 1. The third-order valence-corrected chi connectivity index (χ3v) is 5.22. The minimum atomic E-state index is -0.556. The highest BCUT2D eigenvalue weighted by Crippen LogP contribution is 2.32. The first-order valence-electron chi connectivity index (χ1n) is 6.21. The number of fused-ring (bicyclic) bond motifs is 1. The molecule has 0 atom stereocenters. The van der Waals surface area contributed by atoms with Crippen molar-refractivity contribution in [3.05, 3.63) is 33.7 Å². The first kappa shape index (κ1) is 13.9. The third kappa shape index (κ3) is 2.47. The van der Waals surface area contributed by atoms with Crippen molar-refractivity contribution in [1.82, 2.24) is 20.5 Å². The van der Waals surface area contributed by atoms with Crippen LogP contribution in [0, 0.1) is 0 Å². The van der Waals surface area contributed by atoms with Gasteiger partial charge in [-0.1, -0.05) is 0 Å². The van der Waals surface area contributed by atoms with Crippen LogP contribution in [0.15, 0.2) is 23.8 Å². The molecule has 0 aliphatic carbocycles. The van der Waals surface area contributed by atoms with E-state index >= 15 is 0 Å². The zero-order valence-electron chi connectivity index (χ0n) is 11.5. The first-order chi connectivity index (χ1) is 9.99. The maximum absolute atomic E-state index is 12.5. The molecule has 8 heteroatoms. The Morgan fingerprint density at radius 1 is 1.38 bits per heavy atom. The van der Waals surface area contributed by atoms with Gasteiger partial charge in [-0.25, -0.2) is 4.98 Å². The second kappa shape index (κ2) is 5.05. The lowest BCUT2D eigenvalue weighted by Crippen LogP contribution is -2.40. The first-order valence-corrected chi connectivity index (χ1v) is 7.91. The van der Waals surface area contributed by atoms with Gasteiger partial charge in [0, 0.05) is 17.0 Å². The zero-order chi connectivity index (χ0) is 15.0. The normalized spacial score (nSPS) is 11.7. The van der Waals surface area contributed by atoms with E-state index in [2.05, 4.69) is 20.5 Å². The maximum Gasteiger partial charge on any atom is 0.264 e. The average molecular weight is 319 g/mol. The molecule has 0 aliphatic heterocycles. The highest BCUT2D eigenvalue weighted by Gasteiger charge is 2.28. The van der Waals surface area contributed by atoms with Crippen molar-refractivity contribution in [2.24, 2.45) is 0 Å². The van der Waals surface area contributed by atoms with Crippen LogP contribution in [-0.2, 0) is 5.54 Å². The number of nitrogen functional groups attached to an aromatic ring is 1. The van der Waals surface area contributed by atoms with Crippen molar-refractivity contribution >= 4 is 44.5 Å². The number of nitrogens with one attached hydrogen (secondary N) is 1. The molecule has 0 radical (unpaired) electrons. The van der Waals surface area contributed by atoms with Gasteiger partial charge in [0.15, 0.2) is 0 Å². The summed E-state index contributed by atoms with van der Waals surface area (Å²) in [5, 5.41) is 14.2. The Balaban J connectivity index is 1.93. The number of thiophene rings is 1. The van der Waals surface area contributed by atoms with Crippen molar-refractivity contribution in [2.75, 3.05) is 5.73 Å². The number of carbonyl (C=O) groups is 1. The van der Waals surface area contributed by atoms with E-state index in [1.165, 1.54) is 22.7 Å². The minimum absolute atomic E-state index is 0.226. The largest absolute Gasteiger partial charge is 0.397 e. The number of rotatable bonds is 3. The highest BCUT2D eigenvalue weighted by molar-refractivity contribution is 7.21. The van der Waals surface area contributed by atoms with Gasteiger partial charge in [-0.15, -0.1) is 27.8 Å². The van der Waals surface area contributed by atoms with Crippen molar-refractivity contribution in [3.63, 3.8) is 0 Å². The molecule has 108 valence electrons. The van der Waals surface area contributed by atoms with Crippen molar-refractivity contribution in [2.45, 2.75) is 19.4 Å². The van der Waals surface area contributed by atoms with Gasteiger partial charge in [0.25, 0.3) is 5.91 Å². The van der Waals surface area contributed by atoms with Crippen LogP contribution in [-0.4, -0.2) is 21.1 Å². The predicted octanol–water partition coefficient (Wildman–Crippen LogP) is 2.40. The number of nitrogens with zero attached hydrogens (tertiary/aromatic N) is 3. The van der Waals surface area contributed by atoms with E-state index in [1.807, 2.05) is 19.2 Å². The molecule has 0 aliphatic rings. The number of amides is 1. The number of nitrogens with two attached hydrogens (primary N) is 1. The van der Waals surface area contributed by atoms with Gasteiger partial charge in [-0.2, -0.15) is 5.10 Å². The van der Waals surface area contributed by atoms with Gasteiger partial charge in [0.05, 0.1) is 17.4 Å². The molecule has 0 bridgehead atoms. The van der Waals surface area contributed by atoms with E-state index in [1.54, 1.807) is 18.5 Å². The standard InChI is InChI=1S/C13H13N5OS2/c1-13(2,12-15-5-6-20-12)17-10(19)9-8(14)7-3-4-16-18-11(7)21-9/h3-6H,14H2,1-2H3,(H,17,19). The fraction of sp³-hybridized carbons (Fsp3) is 0.231. The molecule has 0 aromatic carbocycles. The van der Waals surface area contributed by atoms with Crippen LogP contribution in [0.3, 0.4) is 0 Å². The number of hydrogen-bond donors (Lipinski definition) is 2.